The number of hydrogen-bond acceptors (Lipinski definition) is 2. The van der Waals surface area contributed by atoms with Crippen molar-refractivity contribution in [2.75, 3.05) is 13.2 Å². The molecule has 0 saturated heterocycles. The Morgan fingerprint density at radius 3 is 2.47 bits per heavy atom. The number of benzene rings is 1. The highest BCUT2D eigenvalue weighted by Gasteiger charge is 1.95. The second-order valence-electron chi connectivity index (χ2n) is 3.67. The average Bonchev–Trinajstić information content (AvgIpc) is 2.28. The van der Waals surface area contributed by atoms with Crippen LogP contribution in [0.25, 0.3) is 0 Å². The zero-order valence-corrected chi connectivity index (χ0v) is 9.41. The third-order valence-electron chi connectivity index (χ3n) is 2.31. The van der Waals surface area contributed by atoms with E-state index in [1.807, 2.05) is 12.1 Å². The van der Waals surface area contributed by atoms with Crippen LogP contribution in [0.5, 0.6) is 5.75 Å². The minimum atomic E-state index is 0.189. The topological polar surface area (TPSA) is 29.5 Å². The molecule has 0 amide bonds. The largest absolute Gasteiger partial charge is 0.494 e. The number of ether oxygens (including phenoxy) is 1. The number of hydrogen-bond donors (Lipinski definition) is 1. The van der Waals surface area contributed by atoms with Crippen LogP contribution < -0.4 is 4.74 Å². The molecule has 0 bridgehead atoms. The lowest BCUT2D eigenvalue weighted by atomic mass is 10.1. The van der Waals surface area contributed by atoms with E-state index in [1.54, 1.807) is 0 Å². The summed E-state index contributed by atoms with van der Waals surface area (Å²) in [5, 5.41) is 8.61. The van der Waals surface area contributed by atoms with Crippen LogP contribution in [0.4, 0.5) is 0 Å². The predicted octanol–water partition coefficient (Wildman–Crippen LogP) is 2.79. The van der Waals surface area contributed by atoms with Gasteiger partial charge in [0.1, 0.15) is 5.75 Å². The van der Waals surface area contributed by atoms with Crippen LogP contribution in [0.3, 0.4) is 0 Å². The Morgan fingerprint density at radius 1 is 1.13 bits per heavy atom. The highest BCUT2D eigenvalue weighted by molar-refractivity contribution is 5.27. The molecule has 0 aliphatic carbocycles. The number of rotatable bonds is 7. The fourth-order valence-corrected chi connectivity index (χ4v) is 1.39. The van der Waals surface area contributed by atoms with Crippen LogP contribution in [0, 0.1) is 0 Å². The van der Waals surface area contributed by atoms with Gasteiger partial charge in [-0.25, -0.2) is 0 Å². The van der Waals surface area contributed by atoms with Gasteiger partial charge in [0.2, 0.25) is 0 Å². The molecule has 2 heteroatoms. The normalized spacial score (nSPS) is 10.3. The van der Waals surface area contributed by atoms with E-state index in [0.717, 1.165) is 12.2 Å². The van der Waals surface area contributed by atoms with Gasteiger partial charge in [-0.2, -0.15) is 0 Å². The van der Waals surface area contributed by atoms with Crippen LogP contribution in [0.2, 0.25) is 0 Å². The Labute approximate surface area is 91.9 Å². The van der Waals surface area contributed by atoms with Crippen molar-refractivity contribution < 1.29 is 9.84 Å². The molecule has 0 aliphatic rings. The van der Waals surface area contributed by atoms with Crippen molar-refractivity contribution in [2.45, 2.75) is 32.6 Å². The Kier molecular flexibility index (Phi) is 5.86. The number of aliphatic hydroxyl groups is 1. The Morgan fingerprint density at radius 2 is 1.87 bits per heavy atom. The van der Waals surface area contributed by atoms with Crippen LogP contribution in [-0.2, 0) is 6.42 Å². The average molecular weight is 208 g/mol. The third kappa shape index (κ3) is 4.84. The van der Waals surface area contributed by atoms with Crippen molar-refractivity contribution >= 4 is 0 Å². The summed E-state index contributed by atoms with van der Waals surface area (Å²) < 4.78 is 5.45. The third-order valence-corrected chi connectivity index (χ3v) is 2.31. The number of unbranched alkanes of at least 4 members (excludes halogenated alkanes) is 1. The summed E-state index contributed by atoms with van der Waals surface area (Å²) in [6, 6.07) is 8.23. The second-order valence-corrected chi connectivity index (χ2v) is 3.67. The molecule has 0 aliphatic heterocycles. The minimum absolute atomic E-state index is 0.189. The van der Waals surface area contributed by atoms with Gasteiger partial charge in [-0.3, -0.25) is 0 Å². The molecular formula is C13H20O2. The lowest BCUT2D eigenvalue weighted by Gasteiger charge is -2.06. The van der Waals surface area contributed by atoms with E-state index in [0.29, 0.717) is 13.0 Å². The molecule has 0 heterocycles. The van der Waals surface area contributed by atoms with E-state index >= 15 is 0 Å². The van der Waals surface area contributed by atoms with E-state index in [2.05, 4.69) is 19.1 Å². The molecular weight excluding hydrogens is 188 g/mol. The molecule has 15 heavy (non-hydrogen) atoms. The maximum Gasteiger partial charge on any atom is 0.119 e. The van der Waals surface area contributed by atoms with Gasteiger partial charge in [0.25, 0.3) is 0 Å². The van der Waals surface area contributed by atoms with E-state index in [9.17, 15) is 0 Å². The molecule has 1 aromatic rings. The van der Waals surface area contributed by atoms with Gasteiger partial charge in [-0.05, 0) is 30.5 Å². The summed E-state index contributed by atoms with van der Waals surface area (Å²) in [6.07, 6.45) is 4.31. The van der Waals surface area contributed by atoms with Crippen LogP contribution >= 0.6 is 0 Å². The van der Waals surface area contributed by atoms with Gasteiger partial charge >= 0.3 is 0 Å². The SMILES string of the molecule is CCCCc1ccc(OCCCO)cc1. The van der Waals surface area contributed by atoms with Crippen LogP contribution in [0.15, 0.2) is 24.3 Å². The van der Waals surface area contributed by atoms with Crippen molar-refractivity contribution in [3.05, 3.63) is 29.8 Å². The van der Waals surface area contributed by atoms with E-state index < -0.39 is 0 Å². The Bertz CT molecular complexity index is 254. The first-order chi connectivity index (χ1) is 7.36. The maximum absolute atomic E-state index is 8.61. The molecule has 0 aromatic heterocycles. The smallest absolute Gasteiger partial charge is 0.119 e. The standard InChI is InChI=1S/C13H20O2/c1-2-3-5-12-6-8-13(9-7-12)15-11-4-10-14/h6-9,14H,2-5,10-11H2,1H3. The van der Waals surface area contributed by atoms with Gasteiger partial charge in [0.05, 0.1) is 6.61 Å². The van der Waals surface area contributed by atoms with Gasteiger partial charge in [-0.1, -0.05) is 25.5 Å². The fourth-order valence-electron chi connectivity index (χ4n) is 1.39. The summed E-state index contributed by atoms with van der Waals surface area (Å²) in [5.41, 5.74) is 1.37. The molecule has 0 unspecified atom stereocenters. The first-order valence-corrected chi connectivity index (χ1v) is 5.69. The number of aryl methyl sites for hydroxylation is 1. The molecule has 1 rings (SSSR count). The zero-order valence-electron chi connectivity index (χ0n) is 9.41. The fraction of sp³-hybridized carbons (Fsp3) is 0.538. The van der Waals surface area contributed by atoms with Crippen molar-refractivity contribution in [3.63, 3.8) is 0 Å². The molecule has 1 aromatic carbocycles. The molecule has 0 fully saturated rings. The minimum Gasteiger partial charge on any atom is -0.494 e. The second kappa shape index (κ2) is 7.30. The lowest BCUT2D eigenvalue weighted by Crippen LogP contribution is -1.99. The summed E-state index contributed by atoms with van der Waals surface area (Å²) in [5.74, 6) is 0.892. The van der Waals surface area contributed by atoms with E-state index in [-0.39, 0.29) is 6.61 Å². The maximum atomic E-state index is 8.61. The van der Waals surface area contributed by atoms with E-state index in [4.69, 9.17) is 9.84 Å². The van der Waals surface area contributed by atoms with Crippen molar-refractivity contribution in [1.82, 2.24) is 0 Å². The first kappa shape index (κ1) is 12.1. The molecule has 84 valence electrons. The summed E-state index contributed by atoms with van der Waals surface area (Å²) in [6.45, 7) is 2.98. The van der Waals surface area contributed by atoms with Gasteiger partial charge in [-0.15, -0.1) is 0 Å². The summed E-state index contributed by atoms with van der Waals surface area (Å²) in [7, 11) is 0. The zero-order chi connectivity index (χ0) is 10.9. The molecule has 0 spiro atoms. The van der Waals surface area contributed by atoms with Gasteiger partial charge in [0, 0.05) is 13.0 Å². The van der Waals surface area contributed by atoms with Crippen LogP contribution in [0.1, 0.15) is 31.7 Å². The first-order valence-electron chi connectivity index (χ1n) is 5.69. The number of aliphatic hydroxyl groups excluding tert-OH is 1. The molecule has 1 N–H and O–H groups in total. The Balaban J connectivity index is 2.35. The summed E-state index contributed by atoms with van der Waals surface area (Å²) >= 11 is 0. The lowest BCUT2D eigenvalue weighted by molar-refractivity contribution is 0.233. The van der Waals surface area contributed by atoms with Crippen molar-refractivity contribution in [2.24, 2.45) is 0 Å². The molecule has 0 atom stereocenters. The van der Waals surface area contributed by atoms with E-state index in [1.165, 1.54) is 18.4 Å². The highest BCUT2D eigenvalue weighted by atomic mass is 16.5. The van der Waals surface area contributed by atoms with Gasteiger partial charge < -0.3 is 9.84 Å². The van der Waals surface area contributed by atoms with Crippen molar-refractivity contribution in [3.8, 4) is 5.75 Å². The quantitative estimate of drug-likeness (QED) is 0.698. The monoisotopic (exact) mass is 208 g/mol. The molecule has 0 saturated carbocycles. The van der Waals surface area contributed by atoms with Crippen LogP contribution in [-0.4, -0.2) is 18.3 Å². The molecule has 2 nitrogen and oxygen atoms in total. The Hall–Kier alpha value is -1.02. The molecule has 0 radical (unpaired) electrons. The van der Waals surface area contributed by atoms with Gasteiger partial charge in [0.15, 0.2) is 0 Å². The van der Waals surface area contributed by atoms with Crippen molar-refractivity contribution in [1.29, 1.82) is 0 Å². The highest BCUT2D eigenvalue weighted by Crippen LogP contribution is 2.13. The predicted molar refractivity (Wildman–Crippen MR) is 62.3 cm³/mol. The summed E-state index contributed by atoms with van der Waals surface area (Å²) in [4.78, 5) is 0.